The minimum absolute atomic E-state index is 0.114. The van der Waals surface area contributed by atoms with Crippen LogP contribution in [0.2, 0.25) is 0 Å². The Bertz CT molecular complexity index is 1520. The lowest BCUT2D eigenvalue weighted by Crippen LogP contribution is -2.43. The fraction of sp³-hybridized carbons (Fsp3) is 0.333. The van der Waals surface area contributed by atoms with Crippen molar-refractivity contribution in [1.29, 1.82) is 0 Å². The number of aromatic nitrogens is 2. The molecule has 1 aliphatic carbocycles. The van der Waals surface area contributed by atoms with Gasteiger partial charge in [0.1, 0.15) is 35.2 Å². The number of rotatable bonds is 8. The van der Waals surface area contributed by atoms with E-state index in [4.69, 9.17) is 16.1 Å². The molecule has 2 atom stereocenters. The third-order valence-electron chi connectivity index (χ3n) is 6.72. The van der Waals surface area contributed by atoms with Gasteiger partial charge in [0.05, 0.1) is 6.04 Å². The Kier molecular flexibility index (Phi) is 9.79. The van der Waals surface area contributed by atoms with Crippen molar-refractivity contribution < 1.29 is 14.0 Å². The molecule has 11 nitrogen and oxygen atoms in total. The SMILES string of the molecule is CCC.Cc1cc2ccc(CNC(=O)c3cc(C(=O)NC4CCc5cc(C(NN)N(C)N)ccc54)ncn3)cc2o1. The number of hydrazine groups is 2. The molecule has 11 heteroatoms. The van der Waals surface area contributed by atoms with Crippen LogP contribution < -0.4 is 27.7 Å². The van der Waals surface area contributed by atoms with Crippen molar-refractivity contribution in [3.63, 3.8) is 0 Å². The van der Waals surface area contributed by atoms with Crippen molar-refractivity contribution in [2.24, 2.45) is 11.7 Å². The second-order valence-corrected chi connectivity index (χ2v) is 10.2. The molecule has 2 unspecified atom stereocenters. The van der Waals surface area contributed by atoms with E-state index in [0.717, 1.165) is 51.8 Å². The summed E-state index contributed by atoms with van der Waals surface area (Å²) >= 11 is 0. The molecule has 0 saturated carbocycles. The Balaban J connectivity index is 0.00000124. The quantitative estimate of drug-likeness (QED) is 0.123. The second kappa shape index (κ2) is 13.5. The smallest absolute Gasteiger partial charge is 0.270 e. The predicted octanol–water partition coefficient (Wildman–Crippen LogP) is 3.56. The van der Waals surface area contributed by atoms with Gasteiger partial charge < -0.3 is 15.1 Å². The highest BCUT2D eigenvalue weighted by atomic mass is 16.3. The van der Waals surface area contributed by atoms with Crippen molar-refractivity contribution in [1.82, 2.24) is 31.0 Å². The second-order valence-electron chi connectivity index (χ2n) is 10.2. The number of benzene rings is 2. The topological polar surface area (TPSA) is 164 Å². The van der Waals surface area contributed by atoms with Crippen LogP contribution in [0.3, 0.4) is 0 Å². The number of furan rings is 1. The van der Waals surface area contributed by atoms with Gasteiger partial charge in [0, 0.05) is 25.0 Å². The highest BCUT2D eigenvalue weighted by Crippen LogP contribution is 2.33. The van der Waals surface area contributed by atoms with E-state index in [9.17, 15) is 9.59 Å². The van der Waals surface area contributed by atoms with Gasteiger partial charge in [-0.2, -0.15) is 0 Å². The van der Waals surface area contributed by atoms with Gasteiger partial charge in [0.15, 0.2) is 0 Å². The summed E-state index contributed by atoms with van der Waals surface area (Å²) in [4.78, 5) is 33.9. The van der Waals surface area contributed by atoms with Crippen molar-refractivity contribution in [3.05, 3.63) is 94.3 Å². The highest BCUT2D eigenvalue weighted by molar-refractivity contribution is 5.97. The van der Waals surface area contributed by atoms with E-state index in [-0.39, 0.29) is 29.5 Å². The van der Waals surface area contributed by atoms with E-state index in [1.165, 1.54) is 23.8 Å². The summed E-state index contributed by atoms with van der Waals surface area (Å²) in [6, 6.07) is 14.9. The highest BCUT2D eigenvalue weighted by Gasteiger charge is 2.26. The molecule has 0 fully saturated rings. The van der Waals surface area contributed by atoms with E-state index in [0.29, 0.717) is 6.54 Å². The molecule has 0 radical (unpaired) electrons. The van der Waals surface area contributed by atoms with Crippen molar-refractivity contribution in [2.75, 3.05) is 7.05 Å². The molecule has 216 valence electrons. The number of aryl methyl sites for hydroxylation is 2. The fourth-order valence-electron chi connectivity index (χ4n) is 4.84. The summed E-state index contributed by atoms with van der Waals surface area (Å²) in [7, 11) is 1.73. The maximum absolute atomic E-state index is 13.0. The zero-order valence-corrected chi connectivity index (χ0v) is 23.9. The number of nitrogens with zero attached hydrogens (tertiary/aromatic N) is 3. The zero-order valence-electron chi connectivity index (χ0n) is 23.9. The molecule has 41 heavy (non-hydrogen) atoms. The number of carbonyl (C=O) groups is 2. The number of nitrogens with two attached hydrogens (primary N) is 2. The maximum Gasteiger partial charge on any atom is 0.270 e. The van der Waals surface area contributed by atoms with Gasteiger partial charge in [-0.1, -0.05) is 50.6 Å². The van der Waals surface area contributed by atoms with Crippen LogP contribution in [-0.2, 0) is 13.0 Å². The number of nitrogens with one attached hydrogen (secondary N) is 3. The number of hydrogen-bond acceptors (Lipinski definition) is 9. The lowest BCUT2D eigenvalue weighted by Gasteiger charge is -2.24. The van der Waals surface area contributed by atoms with E-state index < -0.39 is 5.91 Å². The van der Waals surface area contributed by atoms with E-state index in [1.807, 2.05) is 49.4 Å². The number of carbonyl (C=O) groups excluding carboxylic acids is 2. The summed E-state index contributed by atoms with van der Waals surface area (Å²) in [5.74, 6) is 11.6. The maximum atomic E-state index is 13.0. The van der Waals surface area contributed by atoms with Gasteiger partial charge in [-0.25, -0.2) is 20.4 Å². The fourth-order valence-corrected chi connectivity index (χ4v) is 4.84. The first-order chi connectivity index (χ1) is 19.7. The van der Waals surface area contributed by atoms with Crippen molar-refractivity contribution in [3.8, 4) is 0 Å². The van der Waals surface area contributed by atoms with Crippen LogP contribution in [0.25, 0.3) is 11.0 Å². The van der Waals surface area contributed by atoms with Crippen molar-refractivity contribution in [2.45, 2.75) is 58.8 Å². The molecule has 0 aliphatic heterocycles. The molecular weight excluding hydrogens is 520 g/mol. The van der Waals surface area contributed by atoms with Gasteiger partial charge >= 0.3 is 0 Å². The standard InChI is InChI=1S/C27H30N8O3.C3H8/c1-15-9-18-4-3-16(10-24(18)38-15)13-30-26(36)22-12-23(32-14-31-22)27(37)33-21-8-6-17-11-19(5-7-20(17)21)25(34-28)35(2)29;1-3-2/h3-5,7,9-12,14,21,25,34H,6,8,13,28-29H2,1-2H3,(H,30,36)(H,33,37);3H2,1-2H3. The average Bonchev–Trinajstić information content (AvgIpc) is 3.53. The Hall–Kier alpha value is -4.16. The minimum Gasteiger partial charge on any atom is -0.461 e. The first-order valence-electron chi connectivity index (χ1n) is 13.7. The molecule has 7 N–H and O–H groups in total. The number of amides is 2. The summed E-state index contributed by atoms with van der Waals surface area (Å²) in [5, 5.41) is 8.38. The average molecular weight is 559 g/mol. The zero-order chi connectivity index (χ0) is 29.5. The summed E-state index contributed by atoms with van der Waals surface area (Å²) in [6.45, 7) is 6.43. The Morgan fingerprint density at radius 3 is 2.51 bits per heavy atom. The van der Waals surface area contributed by atoms with Crippen LogP contribution in [0.5, 0.6) is 0 Å². The summed E-state index contributed by atoms with van der Waals surface area (Å²) in [6.07, 6.45) is 3.71. The van der Waals surface area contributed by atoms with Crippen LogP contribution in [0.1, 0.15) is 87.9 Å². The van der Waals surface area contributed by atoms with Gasteiger partial charge in [-0.05, 0) is 54.2 Å². The third kappa shape index (κ3) is 7.14. The summed E-state index contributed by atoms with van der Waals surface area (Å²) < 4.78 is 5.66. The van der Waals surface area contributed by atoms with Gasteiger partial charge in [-0.3, -0.25) is 21.3 Å². The van der Waals surface area contributed by atoms with Crippen LogP contribution in [-0.4, -0.2) is 33.8 Å². The Labute approximate surface area is 239 Å². The van der Waals surface area contributed by atoms with E-state index in [1.54, 1.807) is 7.05 Å². The molecule has 2 aromatic carbocycles. The molecule has 4 aromatic rings. The van der Waals surface area contributed by atoms with E-state index in [2.05, 4.69) is 39.9 Å². The normalized spacial score (nSPS) is 14.8. The van der Waals surface area contributed by atoms with Crippen LogP contribution >= 0.6 is 0 Å². The molecule has 0 saturated heterocycles. The van der Waals surface area contributed by atoms with Gasteiger partial charge in [-0.15, -0.1) is 0 Å². The largest absolute Gasteiger partial charge is 0.461 e. The molecule has 0 bridgehead atoms. The number of hydrogen-bond donors (Lipinski definition) is 5. The van der Waals surface area contributed by atoms with Gasteiger partial charge in [0.2, 0.25) is 0 Å². The van der Waals surface area contributed by atoms with Crippen molar-refractivity contribution >= 4 is 22.8 Å². The lowest BCUT2D eigenvalue weighted by molar-refractivity contribution is 0.0931. The third-order valence-corrected chi connectivity index (χ3v) is 6.72. The molecule has 5 rings (SSSR count). The van der Waals surface area contributed by atoms with Gasteiger partial charge in [0.25, 0.3) is 11.8 Å². The Morgan fingerprint density at radius 2 is 1.80 bits per heavy atom. The summed E-state index contributed by atoms with van der Waals surface area (Å²) in [5.41, 5.74) is 7.69. The van der Waals surface area contributed by atoms with Crippen LogP contribution in [0.4, 0.5) is 0 Å². The lowest BCUT2D eigenvalue weighted by atomic mass is 10.0. The first-order valence-corrected chi connectivity index (χ1v) is 13.7. The Morgan fingerprint density at radius 1 is 1.07 bits per heavy atom. The molecule has 2 amide bonds. The molecule has 0 spiro atoms. The minimum atomic E-state index is -0.399. The molecule has 2 heterocycles. The molecule has 2 aromatic heterocycles. The number of fused-ring (bicyclic) bond motifs is 2. The van der Waals surface area contributed by atoms with E-state index >= 15 is 0 Å². The monoisotopic (exact) mass is 558 g/mol. The molecular formula is C30H38N8O3. The predicted molar refractivity (Wildman–Crippen MR) is 157 cm³/mol. The first kappa shape index (κ1) is 29.8. The van der Waals surface area contributed by atoms with Crippen LogP contribution in [0, 0.1) is 6.92 Å². The molecule has 1 aliphatic rings. The van der Waals surface area contributed by atoms with Crippen LogP contribution in [0.15, 0.2) is 59.3 Å².